The van der Waals surface area contributed by atoms with Gasteiger partial charge in [-0.25, -0.2) is 0 Å². The summed E-state index contributed by atoms with van der Waals surface area (Å²) >= 11 is 0. The van der Waals surface area contributed by atoms with Gasteiger partial charge in [0.2, 0.25) is 0 Å². The van der Waals surface area contributed by atoms with E-state index in [-0.39, 0.29) is 0 Å². The lowest BCUT2D eigenvalue weighted by atomic mass is 9.79. The number of nitrogens with zero attached hydrogens (tertiary/aromatic N) is 2. The summed E-state index contributed by atoms with van der Waals surface area (Å²) in [6.45, 7) is 1.92. The van der Waals surface area contributed by atoms with Crippen LogP contribution in [-0.2, 0) is 12.8 Å². The zero-order valence-electron chi connectivity index (χ0n) is 11.2. The highest BCUT2D eigenvalue weighted by Crippen LogP contribution is 2.41. The maximum absolute atomic E-state index is 9.47. The topological polar surface area (TPSA) is 73.6 Å². The number of fused-ring (bicyclic) bond motifs is 3. The Morgan fingerprint density at radius 2 is 1.75 bits per heavy atom. The molecule has 1 aliphatic rings. The van der Waals surface area contributed by atoms with Crippen molar-refractivity contribution in [3.8, 4) is 23.3 Å². The van der Waals surface area contributed by atoms with E-state index in [9.17, 15) is 10.5 Å². The van der Waals surface area contributed by atoms with Gasteiger partial charge in [0.15, 0.2) is 0 Å². The number of hydrogen-bond acceptors (Lipinski definition) is 3. The van der Waals surface area contributed by atoms with Gasteiger partial charge in [-0.05, 0) is 42.0 Å². The lowest BCUT2D eigenvalue weighted by Crippen LogP contribution is -2.11. The molecule has 0 atom stereocenters. The summed E-state index contributed by atoms with van der Waals surface area (Å²) in [5.41, 5.74) is 12.5. The van der Waals surface area contributed by atoms with Gasteiger partial charge in [0.1, 0.15) is 12.1 Å². The third-order valence-corrected chi connectivity index (χ3v) is 4.07. The molecular weight excluding hydrogens is 246 g/mol. The predicted molar refractivity (Wildman–Crippen MR) is 77.9 cm³/mol. The molecule has 96 valence electrons. The molecule has 3 heteroatoms. The Labute approximate surface area is 117 Å². The Bertz CT molecular complexity index is 804. The summed E-state index contributed by atoms with van der Waals surface area (Å²) in [5, 5.41) is 18.7. The average molecular weight is 259 g/mol. The maximum Gasteiger partial charge on any atom is 0.102 e. The molecule has 0 fully saturated rings. The van der Waals surface area contributed by atoms with Gasteiger partial charge in [0.05, 0.1) is 16.8 Å². The van der Waals surface area contributed by atoms with E-state index in [2.05, 4.69) is 18.2 Å². The first kappa shape index (κ1) is 12.3. The number of rotatable bonds is 0. The number of nitriles is 2. The molecule has 0 spiro atoms. The van der Waals surface area contributed by atoms with Gasteiger partial charge in [-0.1, -0.05) is 24.3 Å². The molecule has 0 bridgehead atoms. The van der Waals surface area contributed by atoms with Crippen LogP contribution in [0.2, 0.25) is 0 Å². The minimum Gasteiger partial charge on any atom is -0.397 e. The SMILES string of the molecule is Cc1c(C#N)c(N)c(C#N)c2c1CCc1ccccc1-2. The van der Waals surface area contributed by atoms with Crippen molar-refractivity contribution in [2.24, 2.45) is 0 Å². The van der Waals surface area contributed by atoms with Crippen molar-refractivity contribution in [1.82, 2.24) is 0 Å². The van der Waals surface area contributed by atoms with Crippen molar-refractivity contribution < 1.29 is 0 Å². The first-order chi connectivity index (χ1) is 9.69. The van der Waals surface area contributed by atoms with Crippen LogP contribution in [0.3, 0.4) is 0 Å². The molecule has 1 aliphatic carbocycles. The van der Waals surface area contributed by atoms with E-state index in [1.807, 2.05) is 25.1 Å². The van der Waals surface area contributed by atoms with Crippen LogP contribution < -0.4 is 5.73 Å². The summed E-state index contributed by atoms with van der Waals surface area (Å²) in [5.74, 6) is 0. The largest absolute Gasteiger partial charge is 0.397 e. The molecule has 3 rings (SSSR count). The quantitative estimate of drug-likeness (QED) is 0.739. The molecule has 2 aromatic rings. The summed E-state index contributed by atoms with van der Waals surface area (Å²) < 4.78 is 0. The molecule has 2 aromatic carbocycles. The standard InChI is InChI=1S/C17H13N3/c1-10-12-7-6-11-4-2-3-5-13(11)16(12)15(9-19)17(20)14(10)8-18/h2-5H,6-7,20H2,1H3. The van der Waals surface area contributed by atoms with E-state index in [1.165, 1.54) is 5.56 Å². The van der Waals surface area contributed by atoms with E-state index in [0.29, 0.717) is 16.8 Å². The van der Waals surface area contributed by atoms with E-state index < -0.39 is 0 Å². The number of nitrogen functional groups attached to an aromatic ring is 1. The molecule has 0 saturated heterocycles. The number of anilines is 1. The van der Waals surface area contributed by atoms with Gasteiger partial charge in [-0.15, -0.1) is 0 Å². The highest BCUT2D eigenvalue weighted by atomic mass is 14.6. The Balaban J connectivity index is 2.47. The van der Waals surface area contributed by atoms with Gasteiger partial charge in [0, 0.05) is 5.56 Å². The Hall–Kier alpha value is -2.78. The summed E-state index contributed by atoms with van der Waals surface area (Å²) in [7, 11) is 0. The minimum absolute atomic E-state index is 0.308. The zero-order valence-corrected chi connectivity index (χ0v) is 11.2. The molecule has 3 nitrogen and oxygen atoms in total. The summed E-state index contributed by atoms with van der Waals surface area (Å²) in [4.78, 5) is 0. The highest BCUT2D eigenvalue weighted by molar-refractivity contribution is 5.87. The van der Waals surface area contributed by atoms with Crippen LogP contribution in [0.4, 0.5) is 5.69 Å². The van der Waals surface area contributed by atoms with E-state index in [4.69, 9.17) is 5.73 Å². The Morgan fingerprint density at radius 1 is 1.05 bits per heavy atom. The number of benzene rings is 2. The predicted octanol–water partition coefficient (Wildman–Crippen LogP) is 3.09. The molecular formula is C17H13N3. The molecule has 0 saturated carbocycles. The van der Waals surface area contributed by atoms with Crippen LogP contribution in [-0.4, -0.2) is 0 Å². The molecule has 0 radical (unpaired) electrons. The van der Waals surface area contributed by atoms with Crippen molar-refractivity contribution >= 4 is 5.69 Å². The first-order valence-electron chi connectivity index (χ1n) is 6.52. The fourth-order valence-electron chi connectivity index (χ4n) is 3.06. The van der Waals surface area contributed by atoms with Gasteiger partial charge in [-0.3, -0.25) is 0 Å². The Morgan fingerprint density at radius 3 is 2.45 bits per heavy atom. The number of hydrogen-bond donors (Lipinski definition) is 1. The molecule has 0 heterocycles. The van der Waals surface area contributed by atoms with Gasteiger partial charge in [0.25, 0.3) is 0 Å². The van der Waals surface area contributed by atoms with Crippen molar-refractivity contribution in [1.29, 1.82) is 10.5 Å². The van der Waals surface area contributed by atoms with Crippen LogP contribution in [0.5, 0.6) is 0 Å². The van der Waals surface area contributed by atoms with Crippen LogP contribution in [0.25, 0.3) is 11.1 Å². The van der Waals surface area contributed by atoms with Crippen LogP contribution >= 0.6 is 0 Å². The average Bonchev–Trinajstić information content (AvgIpc) is 2.48. The lowest BCUT2D eigenvalue weighted by Gasteiger charge is -2.24. The molecule has 0 aliphatic heterocycles. The molecule has 20 heavy (non-hydrogen) atoms. The van der Waals surface area contributed by atoms with E-state index >= 15 is 0 Å². The monoisotopic (exact) mass is 259 g/mol. The molecule has 0 unspecified atom stereocenters. The molecule has 2 N–H and O–H groups in total. The van der Waals surface area contributed by atoms with Crippen molar-refractivity contribution in [3.05, 3.63) is 52.1 Å². The number of nitrogens with two attached hydrogens (primary N) is 1. The minimum atomic E-state index is 0.308. The first-order valence-corrected chi connectivity index (χ1v) is 6.52. The molecule has 0 aromatic heterocycles. The third-order valence-electron chi connectivity index (χ3n) is 4.07. The smallest absolute Gasteiger partial charge is 0.102 e. The van der Waals surface area contributed by atoms with Crippen molar-refractivity contribution in [2.45, 2.75) is 19.8 Å². The summed E-state index contributed by atoms with van der Waals surface area (Å²) in [6.07, 6.45) is 1.78. The van der Waals surface area contributed by atoms with Crippen LogP contribution in [0, 0.1) is 29.6 Å². The summed E-state index contributed by atoms with van der Waals surface area (Å²) in [6, 6.07) is 12.4. The van der Waals surface area contributed by atoms with Gasteiger partial charge >= 0.3 is 0 Å². The third kappa shape index (κ3) is 1.51. The highest BCUT2D eigenvalue weighted by Gasteiger charge is 2.25. The second-order valence-electron chi connectivity index (χ2n) is 5.02. The Kier molecular flexibility index (Phi) is 2.70. The van der Waals surface area contributed by atoms with Gasteiger partial charge < -0.3 is 5.73 Å². The lowest BCUT2D eigenvalue weighted by molar-refractivity contribution is 0.929. The van der Waals surface area contributed by atoms with Gasteiger partial charge in [-0.2, -0.15) is 10.5 Å². The molecule has 0 amide bonds. The second-order valence-corrected chi connectivity index (χ2v) is 5.02. The maximum atomic E-state index is 9.47. The fourth-order valence-corrected chi connectivity index (χ4v) is 3.06. The normalized spacial score (nSPS) is 11.9. The van der Waals surface area contributed by atoms with Crippen molar-refractivity contribution in [3.63, 3.8) is 0 Å². The van der Waals surface area contributed by atoms with Crippen molar-refractivity contribution in [2.75, 3.05) is 5.73 Å². The van der Waals surface area contributed by atoms with Crippen LogP contribution in [0.15, 0.2) is 24.3 Å². The number of aryl methyl sites for hydroxylation is 1. The zero-order chi connectivity index (χ0) is 14.3. The van der Waals surface area contributed by atoms with E-state index in [0.717, 1.165) is 35.1 Å². The fraction of sp³-hybridized carbons (Fsp3) is 0.176. The van der Waals surface area contributed by atoms with E-state index in [1.54, 1.807) is 0 Å². The van der Waals surface area contributed by atoms with Crippen LogP contribution in [0.1, 0.15) is 27.8 Å². The second kappa shape index (κ2) is 4.40.